The Morgan fingerprint density at radius 2 is 1.86 bits per heavy atom. The van der Waals surface area contributed by atoms with Crippen LogP contribution in [0.5, 0.6) is 0 Å². The second-order valence-electron chi connectivity index (χ2n) is 9.53. The van der Waals surface area contributed by atoms with Crippen molar-refractivity contribution >= 4 is 35.0 Å². The highest BCUT2D eigenvalue weighted by atomic mass is 16.1. The van der Waals surface area contributed by atoms with Crippen LogP contribution < -0.4 is 16.6 Å². The molecule has 0 radical (unpaired) electrons. The van der Waals surface area contributed by atoms with E-state index in [1.165, 1.54) is 17.0 Å². The van der Waals surface area contributed by atoms with Gasteiger partial charge < -0.3 is 15.6 Å². The van der Waals surface area contributed by atoms with Crippen molar-refractivity contribution in [2.24, 2.45) is 19.1 Å². The number of nitrogens with zero attached hydrogens (tertiary/aromatic N) is 7. The van der Waals surface area contributed by atoms with Gasteiger partial charge in [0, 0.05) is 25.9 Å². The SMILES string of the molecule is C=C/C=N\c1c(C=O)c(N)nn1C.CNC(C)c1nc2cccc(C#Cc3cnc(C)n3C)c2c(=O)n1-c1ccccc1. The minimum absolute atomic E-state index is 0.102. The molecular weight excluding hydrogens is 542 g/mol. The Kier molecular flexibility index (Phi) is 9.44. The molecule has 11 heteroatoms. The summed E-state index contributed by atoms with van der Waals surface area (Å²) in [4.78, 5) is 37.4. The third-order valence-electron chi connectivity index (χ3n) is 6.81. The fraction of sp³-hybridized carbons (Fsp3) is 0.188. The van der Waals surface area contributed by atoms with Crippen molar-refractivity contribution in [3.8, 4) is 17.5 Å². The summed E-state index contributed by atoms with van der Waals surface area (Å²) in [6.45, 7) is 7.38. The molecule has 218 valence electrons. The van der Waals surface area contributed by atoms with E-state index in [1.54, 1.807) is 17.8 Å². The van der Waals surface area contributed by atoms with Crippen LogP contribution in [-0.2, 0) is 14.1 Å². The number of nitrogen functional groups attached to an aromatic ring is 1. The van der Waals surface area contributed by atoms with Crippen molar-refractivity contribution in [1.82, 2.24) is 34.2 Å². The monoisotopic (exact) mass is 575 g/mol. The summed E-state index contributed by atoms with van der Waals surface area (Å²) in [7, 11) is 5.44. The molecule has 0 aliphatic heterocycles. The number of carbonyl (C=O) groups is 1. The van der Waals surface area contributed by atoms with Gasteiger partial charge in [-0.3, -0.25) is 14.2 Å². The van der Waals surface area contributed by atoms with Crippen LogP contribution in [0.25, 0.3) is 16.6 Å². The fourth-order valence-electron chi connectivity index (χ4n) is 4.29. The summed E-state index contributed by atoms with van der Waals surface area (Å²) in [6.07, 6.45) is 5.36. The Morgan fingerprint density at radius 3 is 2.49 bits per heavy atom. The zero-order valence-corrected chi connectivity index (χ0v) is 24.7. The molecular formula is C32H33N9O2. The Morgan fingerprint density at radius 1 is 1.12 bits per heavy atom. The summed E-state index contributed by atoms with van der Waals surface area (Å²) in [5.74, 6) is 8.47. The highest BCUT2D eigenvalue weighted by molar-refractivity contribution is 5.90. The topological polar surface area (TPSA) is 138 Å². The van der Waals surface area contributed by atoms with E-state index in [0.717, 1.165) is 17.2 Å². The molecule has 0 fully saturated rings. The predicted molar refractivity (Wildman–Crippen MR) is 170 cm³/mol. The van der Waals surface area contributed by atoms with Gasteiger partial charge in [0.15, 0.2) is 17.9 Å². The molecule has 3 N–H and O–H groups in total. The lowest BCUT2D eigenvalue weighted by molar-refractivity contribution is 0.112. The summed E-state index contributed by atoms with van der Waals surface area (Å²) < 4.78 is 5.04. The van der Waals surface area contributed by atoms with Crippen molar-refractivity contribution < 1.29 is 4.79 Å². The molecule has 5 aromatic rings. The molecule has 11 nitrogen and oxygen atoms in total. The van der Waals surface area contributed by atoms with Gasteiger partial charge in [-0.2, -0.15) is 5.10 Å². The molecule has 43 heavy (non-hydrogen) atoms. The number of para-hydroxylation sites is 1. The number of anilines is 1. The number of hydrogen-bond acceptors (Lipinski definition) is 8. The second-order valence-corrected chi connectivity index (χ2v) is 9.53. The minimum Gasteiger partial charge on any atom is -0.382 e. The summed E-state index contributed by atoms with van der Waals surface area (Å²) in [6, 6.07) is 15.1. The van der Waals surface area contributed by atoms with Gasteiger partial charge in [0.1, 0.15) is 22.9 Å². The Hall–Kier alpha value is -5.60. The van der Waals surface area contributed by atoms with Crippen molar-refractivity contribution in [2.75, 3.05) is 12.8 Å². The van der Waals surface area contributed by atoms with Crippen molar-refractivity contribution in [3.63, 3.8) is 0 Å². The van der Waals surface area contributed by atoms with E-state index in [-0.39, 0.29) is 17.4 Å². The summed E-state index contributed by atoms with van der Waals surface area (Å²) >= 11 is 0. The number of imidazole rings is 1. The molecule has 1 unspecified atom stereocenters. The van der Waals surface area contributed by atoms with Crippen molar-refractivity contribution in [1.29, 1.82) is 0 Å². The van der Waals surface area contributed by atoms with Crippen LogP contribution in [-0.4, -0.2) is 48.4 Å². The number of aldehydes is 1. The van der Waals surface area contributed by atoms with Crippen LogP contribution in [0.3, 0.4) is 0 Å². The maximum Gasteiger partial charge on any atom is 0.267 e. The number of fused-ring (bicyclic) bond motifs is 1. The first-order valence-electron chi connectivity index (χ1n) is 13.4. The number of carbonyl (C=O) groups excluding carboxylic acids is 1. The molecule has 0 aliphatic carbocycles. The number of nitrogens with one attached hydrogen (secondary N) is 1. The molecule has 0 saturated heterocycles. The van der Waals surface area contributed by atoms with Gasteiger partial charge >= 0.3 is 0 Å². The molecule has 1 atom stereocenters. The van der Waals surface area contributed by atoms with Crippen molar-refractivity contribution in [3.05, 3.63) is 106 Å². The second kappa shape index (κ2) is 13.4. The zero-order valence-electron chi connectivity index (χ0n) is 24.7. The largest absolute Gasteiger partial charge is 0.382 e. The van der Waals surface area contributed by atoms with Crippen molar-refractivity contribution in [2.45, 2.75) is 19.9 Å². The molecule has 0 saturated carbocycles. The predicted octanol–water partition coefficient (Wildman–Crippen LogP) is 3.81. The first-order valence-corrected chi connectivity index (χ1v) is 13.4. The number of aliphatic imine (C=N–C) groups is 1. The number of nitrogens with two attached hydrogens (primary N) is 1. The van der Waals surface area contributed by atoms with Crippen LogP contribution in [0.1, 0.15) is 46.2 Å². The van der Waals surface area contributed by atoms with E-state index < -0.39 is 0 Å². The van der Waals surface area contributed by atoms with Gasteiger partial charge in [-0.25, -0.2) is 19.6 Å². The highest BCUT2D eigenvalue weighted by Gasteiger charge is 2.18. The van der Waals surface area contributed by atoms with E-state index in [1.807, 2.05) is 81.0 Å². The molecule has 3 aromatic heterocycles. The molecule has 5 rings (SSSR count). The van der Waals surface area contributed by atoms with E-state index in [4.69, 9.17) is 10.7 Å². The average molecular weight is 576 g/mol. The highest BCUT2D eigenvalue weighted by Crippen LogP contribution is 2.22. The Labute approximate surface area is 249 Å². The van der Waals surface area contributed by atoms with E-state index in [2.05, 4.69) is 38.8 Å². The average Bonchev–Trinajstić information content (AvgIpc) is 3.49. The summed E-state index contributed by atoms with van der Waals surface area (Å²) in [5, 5.41) is 7.56. The van der Waals surface area contributed by atoms with Gasteiger partial charge in [0.25, 0.3) is 5.56 Å². The maximum atomic E-state index is 13.7. The zero-order chi connectivity index (χ0) is 31.1. The lowest BCUT2D eigenvalue weighted by atomic mass is 10.1. The minimum atomic E-state index is -0.130. The quantitative estimate of drug-likeness (QED) is 0.178. The number of rotatable bonds is 6. The lowest BCUT2D eigenvalue weighted by Crippen LogP contribution is -2.29. The van der Waals surface area contributed by atoms with E-state index in [9.17, 15) is 9.59 Å². The van der Waals surface area contributed by atoms with Gasteiger partial charge in [-0.1, -0.05) is 42.8 Å². The number of aryl methyl sites for hydroxylation is 2. The Balaban J connectivity index is 0.000000273. The van der Waals surface area contributed by atoms with Crippen LogP contribution >= 0.6 is 0 Å². The molecule has 0 amide bonds. The fourth-order valence-corrected chi connectivity index (χ4v) is 4.29. The first-order chi connectivity index (χ1) is 20.7. The molecule has 3 heterocycles. The van der Waals surface area contributed by atoms with E-state index in [0.29, 0.717) is 40.0 Å². The van der Waals surface area contributed by atoms with Crippen LogP contribution in [0.2, 0.25) is 0 Å². The first kappa shape index (κ1) is 30.4. The standard InChI is InChI=1S/C24H23N5O.C8H10N4O/c1-16(25-3)23-27-21-12-8-9-18(13-14-20-15-26-17(2)28(20)4)22(21)24(30)29(23)19-10-6-5-7-11-19;1-3-4-10-8-6(5-13)7(9)11-12(8)2/h5-12,15-16,25H,1-4H3;3-5H,1H2,2H3,(H2,9,11)/b;10-4-. The molecule has 0 spiro atoms. The summed E-state index contributed by atoms with van der Waals surface area (Å²) in [5.41, 5.74) is 8.49. The van der Waals surface area contributed by atoms with Gasteiger partial charge in [-0.15, -0.1) is 0 Å². The maximum absolute atomic E-state index is 13.7. The molecule has 0 aliphatic rings. The molecule has 0 bridgehead atoms. The number of hydrogen-bond donors (Lipinski definition) is 2. The van der Waals surface area contributed by atoms with Gasteiger partial charge in [0.05, 0.1) is 28.8 Å². The Bertz CT molecular complexity index is 1940. The number of benzene rings is 2. The van der Waals surface area contributed by atoms with Crippen LogP contribution in [0.4, 0.5) is 11.6 Å². The normalized spacial score (nSPS) is 11.5. The third-order valence-corrected chi connectivity index (χ3v) is 6.81. The van der Waals surface area contributed by atoms with E-state index >= 15 is 0 Å². The van der Waals surface area contributed by atoms with Crippen LogP contribution in [0.15, 0.2) is 77.2 Å². The smallest absolute Gasteiger partial charge is 0.267 e. The number of allylic oxidation sites excluding steroid dienone is 1. The van der Waals surface area contributed by atoms with Gasteiger partial charge in [-0.05, 0) is 51.1 Å². The lowest BCUT2D eigenvalue weighted by Gasteiger charge is -2.18. The van der Waals surface area contributed by atoms with Crippen LogP contribution in [0, 0.1) is 18.8 Å². The molecule has 2 aromatic carbocycles. The number of aromatic nitrogens is 6. The third kappa shape index (κ3) is 6.34. The van der Waals surface area contributed by atoms with Gasteiger partial charge in [0.2, 0.25) is 0 Å².